The molecule has 0 saturated heterocycles. The van der Waals surface area contributed by atoms with Crippen LogP contribution in [0, 0.1) is 0 Å². The second-order valence-corrected chi connectivity index (χ2v) is 5.06. The van der Waals surface area contributed by atoms with Gasteiger partial charge in [0.1, 0.15) is 0 Å². The lowest BCUT2D eigenvalue weighted by Crippen LogP contribution is -1.99. The van der Waals surface area contributed by atoms with E-state index in [4.69, 9.17) is 4.42 Å². The summed E-state index contributed by atoms with van der Waals surface area (Å²) in [5.74, 6) is 0.142. The van der Waals surface area contributed by atoms with Crippen LogP contribution in [-0.4, -0.2) is 25.5 Å². The number of aromatic nitrogens is 4. The first-order valence-electron chi connectivity index (χ1n) is 7.06. The van der Waals surface area contributed by atoms with Gasteiger partial charge in [-0.2, -0.15) is 5.10 Å². The van der Waals surface area contributed by atoms with Crippen molar-refractivity contribution in [2.75, 3.05) is 5.32 Å². The van der Waals surface area contributed by atoms with Crippen molar-refractivity contribution >= 4 is 22.6 Å². The molecular formula is C16H13N5O2. The number of anilines is 2. The first kappa shape index (κ1) is 13.5. The SMILES string of the molecule is OC(c1ccccc1)c1nnc(Nc2ccc3[nH]ncc3c2)o1. The highest BCUT2D eigenvalue weighted by Crippen LogP contribution is 2.24. The third-order valence-electron chi connectivity index (χ3n) is 3.48. The van der Waals surface area contributed by atoms with E-state index >= 15 is 0 Å². The zero-order chi connectivity index (χ0) is 15.6. The minimum atomic E-state index is -0.949. The maximum absolute atomic E-state index is 10.2. The molecule has 2 heterocycles. The van der Waals surface area contributed by atoms with Gasteiger partial charge >= 0.3 is 6.01 Å². The largest absolute Gasteiger partial charge is 0.405 e. The van der Waals surface area contributed by atoms with E-state index in [1.165, 1.54) is 0 Å². The van der Waals surface area contributed by atoms with Crippen molar-refractivity contribution in [3.8, 4) is 0 Å². The van der Waals surface area contributed by atoms with E-state index in [-0.39, 0.29) is 11.9 Å². The molecule has 4 rings (SSSR count). The minimum absolute atomic E-state index is 0.142. The van der Waals surface area contributed by atoms with Crippen LogP contribution < -0.4 is 5.32 Å². The summed E-state index contributed by atoms with van der Waals surface area (Å²) in [6.45, 7) is 0. The Morgan fingerprint density at radius 3 is 2.83 bits per heavy atom. The molecule has 2 aromatic heterocycles. The lowest BCUT2D eigenvalue weighted by atomic mass is 10.1. The number of aliphatic hydroxyl groups is 1. The molecule has 0 aliphatic rings. The van der Waals surface area contributed by atoms with Gasteiger partial charge in [0.15, 0.2) is 6.10 Å². The van der Waals surface area contributed by atoms with Gasteiger partial charge in [0.2, 0.25) is 0 Å². The van der Waals surface area contributed by atoms with Crippen molar-refractivity contribution in [1.29, 1.82) is 0 Å². The number of fused-ring (bicyclic) bond motifs is 1. The van der Waals surface area contributed by atoms with E-state index in [2.05, 4.69) is 25.7 Å². The molecule has 7 nitrogen and oxygen atoms in total. The summed E-state index contributed by atoms with van der Waals surface area (Å²) in [5.41, 5.74) is 2.44. The smallest absolute Gasteiger partial charge is 0.320 e. The number of rotatable bonds is 4. The van der Waals surface area contributed by atoms with E-state index < -0.39 is 6.10 Å². The van der Waals surface area contributed by atoms with Gasteiger partial charge in [0.25, 0.3) is 5.89 Å². The molecule has 3 N–H and O–H groups in total. The Kier molecular flexibility index (Phi) is 3.25. The standard InChI is InChI=1S/C16H13N5O2/c22-14(10-4-2-1-3-5-10)15-20-21-16(23-15)18-12-6-7-13-11(8-12)9-17-19-13/h1-9,14,22H,(H,17,19)(H,18,21). The maximum atomic E-state index is 10.2. The quantitative estimate of drug-likeness (QED) is 0.536. The van der Waals surface area contributed by atoms with Crippen molar-refractivity contribution < 1.29 is 9.52 Å². The Morgan fingerprint density at radius 1 is 1.09 bits per heavy atom. The van der Waals surface area contributed by atoms with Gasteiger partial charge in [-0.05, 0) is 23.8 Å². The zero-order valence-electron chi connectivity index (χ0n) is 12.0. The summed E-state index contributed by atoms with van der Waals surface area (Å²) in [5, 5.41) is 28.9. The molecule has 0 fully saturated rings. The van der Waals surface area contributed by atoms with Crippen molar-refractivity contribution in [2.24, 2.45) is 0 Å². The van der Waals surface area contributed by atoms with E-state index in [0.717, 1.165) is 16.6 Å². The third kappa shape index (κ3) is 2.65. The maximum Gasteiger partial charge on any atom is 0.320 e. The number of benzene rings is 2. The molecule has 4 aromatic rings. The molecule has 7 heteroatoms. The van der Waals surface area contributed by atoms with Gasteiger partial charge in [-0.15, -0.1) is 5.10 Å². The number of hydrogen-bond donors (Lipinski definition) is 3. The van der Waals surface area contributed by atoms with Crippen LogP contribution in [-0.2, 0) is 0 Å². The molecular weight excluding hydrogens is 294 g/mol. The van der Waals surface area contributed by atoms with Gasteiger partial charge in [0.05, 0.1) is 11.7 Å². The Bertz CT molecular complexity index is 932. The van der Waals surface area contributed by atoms with Crippen molar-refractivity contribution in [3.63, 3.8) is 0 Å². The second kappa shape index (κ2) is 5.54. The minimum Gasteiger partial charge on any atom is -0.405 e. The molecule has 1 unspecified atom stereocenters. The van der Waals surface area contributed by atoms with E-state index in [1.54, 1.807) is 18.3 Å². The average Bonchev–Trinajstić information content (AvgIpc) is 3.24. The first-order valence-corrected chi connectivity index (χ1v) is 7.06. The number of H-pyrrole nitrogens is 1. The van der Waals surface area contributed by atoms with Crippen LogP contribution in [0.1, 0.15) is 17.6 Å². The fourth-order valence-electron chi connectivity index (χ4n) is 2.32. The first-order chi connectivity index (χ1) is 11.3. The van der Waals surface area contributed by atoms with Crippen molar-refractivity contribution in [1.82, 2.24) is 20.4 Å². The fraction of sp³-hybridized carbons (Fsp3) is 0.0625. The lowest BCUT2D eigenvalue weighted by Gasteiger charge is -2.05. The van der Waals surface area contributed by atoms with Crippen LogP contribution in [0.3, 0.4) is 0 Å². The van der Waals surface area contributed by atoms with E-state index in [0.29, 0.717) is 5.56 Å². The molecule has 0 radical (unpaired) electrons. The third-order valence-corrected chi connectivity index (χ3v) is 3.48. The van der Waals surface area contributed by atoms with Gasteiger partial charge in [-0.25, -0.2) is 0 Å². The highest BCUT2D eigenvalue weighted by atomic mass is 16.4. The van der Waals surface area contributed by atoms with E-state index in [9.17, 15) is 5.11 Å². The van der Waals surface area contributed by atoms with Crippen LogP contribution in [0.2, 0.25) is 0 Å². The van der Waals surface area contributed by atoms with Crippen molar-refractivity contribution in [3.05, 3.63) is 66.2 Å². The summed E-state index contributed by atoms with van der Waals surface area (Å²) in [6, 6.07) is 15.1. The molecule has 0 bridgehead atoms. The molecule has 23 heavy (non-hydrogen) atoms. The monoisotopic (exact) mass is 307 g/mol. The summed E-state index contributed by atoms with van der Waals surface area (Å²) in [6.07, 6.45) is 0.787. The number of aliphatic hydroxyl groups excluding tert-OH is 1. The molecule has 114 valence electrons. The van der Waals surface area contributed by atoms with Gasteiger partial charge in [0, 0.05) is 11.1 Å². The van der Waals surface area contributed by atoms with Crippen LogP contribution >= 0.6 is 0 Å². The Labute approximate surface area is 131 Å². The number of hydrogen-bond acceptors (Lipinski definition) is 6. The Morgan fingerprint density at radius 2 is 1.96 bits per heavy atom. The Hall–Kier alpha value is -3.19. The predicted octanol–water partition coefficient (Wildman–Crippen LogP) is 2.77. The number of nitrogens with zero attached hydrogens (tertiary/aromatic N) is 3. The van der Waals surface area contributed by atoms with Crippen molar-refractivity contribution in [2.45, 2.75) is 6.10 Å². The summed E-state index contributed by atoms with van der Waals surface area (Å²) in [4.78, 5) is 0. The van der Waals surface area contributed by atoms with Crippen LogP contribution in [0.15, 0.2) is 59.1 Å². The Balaban J connectivity index is 1.55. The van der Waals surface area contributed by atoms with E-state index in [1.807, 2.05) is 36.4 Å². The molecule has 0 aliphatic carbocycles. The predicted molar refractivity (Wildman–Crippen MR) is 84.2 cm³/mol. The van der Waals surface area contributed by atoms with Crippen LogP contribution in [0.25, 0.3) is 10.9 Å². The number of nitrogens with one attached hydrogen (secondary N) is 2. The van der Waals surface area contributed by atoms with Gasteiger partial charge < -0.3 is 14.8 Å². The zero-order valence-corrected chi connectivity index (χ0v) is 12.0. The lowest BCUT2D eigenvalue weighted by molar-refractivity contribution is 0.184. The van der Waals surface area contributed by atoms with Crippen LogP contribution in [0.5, 0.6) is 0 Å². The molecule has 2 aromatic carbocycles. The highest BCUT2D eigenvalue weighted by Gasteiger charge is 2.17. The fourth-order valence-corrected chi connectivity index (χ4v) is 2.32. The molecule has 0 spiro atoms. The molecule has 1 atom stereocenters. The second-order valence-electron chi connectivity index (χ2n) is 5.06. The average molecular weight is 307 g/mol. The van der Waals surface area contributed by atoms with Gasteiger partial charge in [-0.3, -0.25) is 5.10 Å². The van der Waals surface area contributed by atoms with Crippen LogP contribution in [0.4, 0.5) is 11.7 Å². The highest BCUT2D eigenvalue weighted by molar-refractivity contribution is 5.82. The summed E-state index contributed by atoms with van der Waals surface area (Å²) < 4.78 is 5.49. The number of aromatic amines is 1. The molecule has 0 amide bonds. The topological polar surface area (TPSA) is 99.9 Å². The summed E-state index contributed by atoms with van der Waals surface area (Å²) >= 11 is 0. The van der Waals surface area contributed by atoms with Gasteiger partial charge in [-0.1, -0.05) is 35.4 Å². The normalized spacial score (nSPS) is 12.4. The molecule has 0 saturated carbocycles. The summed E-state index contributed by atoms with van der Waals surface area (Å²) in [7, 11) is 0. The molecule has 0 aliphatic heterocycles.